The summed E-state index contributed by atoms with van der Waals surface area (Å²) in [6.45, 7) is 6.28. The zero-order chi connectivity index (χ0) is 13.5. The van der Waals surface area contributed by atoms with Crippen molar-refractivity contribution in [3.05, 3.63) is 30.1 Å². The molecule has 1 aromatic heterocycles. The average molecular weight is 249 g/mol. The molecular weight excluding hydrogens is 226 g/mol. The quantitative estimate of drug-likeness (QED) is 0.809. The first-order chi connectivity index (χ1) is 8.54. The summed E-state index contributed by atoms with van der Waals surface area (Å²) in [5.41, 5.74) is 1.09. The fraction of sp³-hybridized carbons (Fsp3) is 0.571. The minimum Gasteiger partial charge on any atom is -0.358 e. The topological polar surface area (TPSA) is 54.0 Å². The summed E-state index contributed by atoms with van der Waals surface area (Å²) in [6.07, 6.45) is 4.40. The maximum Gasteiger partial charge on any atom is 0.236 e. The van der Waals surface area contributed by atoms with Crippen LogP contribution in [0.3, 0.4) is 0 Å². The smallest absolute Gasteiger partial charge is 0.236 e. The third-order valence-electron chi connectivity index (χ3n) is 2.91. The molecule has 0 radical (unpaired) electrons. The molecule has 18 heavy (non-hydrogen) atoms. The first kappa shape index (κ1) is 14.6. The maximum absolute atomic E-state index is 11.8. The number of carbonyl (C=O) groups is 1. The van der Waals surface area contributed by atoms with Crippen molar-refractivity contribution in [3.8, 4) is 0 Å². The largest absolute Gasteiger partial charge is 0.358 e. The van der Waals surface area contributed by atoms with E-state index in [2.05, 4.69) is 29.5 Å². The van der Waals surface area contributed by atoms with Crippen LogP contribution < -0.4 is 10.6 Å². The Morgan fingerprint density at radius 2 is 2.11 bits per heavy atom. The van der Waals surface area contributed by atoms with Gasteiger partial charge in [-0.25, -0.2) is 0 Å². The highest BCUT2D eigenvalue weighted by Crippen LogP contribution is 2.14. The molecule has 1 amide bonds. The van der Waals surface area contributed by atoms with Crippen molar-refractivity contribution in [1.82, 2.24) is 15.6 Å². The Morgan fingerprint density at radius 3 is 2.61 bits per heavy atom. The number of rotatable bonds is 6. The highest BCUT2D eigenvalue weighted by atomic mass is 16.2. The molecule has 0 aromatic carbocycles. The normalized spacial score (nSPS) is 14.3. The lowest BCUT2D eigenvalue weighted by Gasteiger charge is -2.23. The summed E-state index contributed by atoms with van der Waals surface area (Å²) < 4.78 is 0. The fourth-order valence-electron chi connectivity index (χ4n) is 1.93. The molecule has 0 aliphatic heterocycles. The highest BCUT2D eigenvalue weighted by molar-refractivity contribution is 5.81. The van der Waals surface area contributed by atoms with E-state index in [1.807, 2.05) is 25.3 Å². The molecule has 1 aromatic rings. The molecule has 0 spiro atoms. The van der Waals surface area contributed by atoms with Crippen LogP contribution in [-0.2, 0) is 4.79 Å². The van der Waals surface area contributed by atoms with Gasteiger partial charge in [0.25, 0.3) is 0 Å². The summed E-state index contributed by atoms with van der Waals surface area (Å²) in [5, 5.41) is 6.07. The van der Waals surface area contributed by atoms with E-state index < -0.39 is 0 Å². The first-order valence-corrected chi connectivity index (χ1v) is 6.42. The number of carbonyl (C=O) groups excluding carboxylic acids is 1. The Kier molecular flexibility index (Phi) is 5.78. The van der Waals surface area contributed by atoms with Gasteiger partial charge in [0.1, 0.15) is 0 Å². The average Bonchev–Trinajstić information content (AvgIpc) is 2.37. The fourth-order valence-corrected chi connectivity index (χ4v) is 1.93. The molecular formula is C14H23N3O. The van der Waals surface area contributed by atoms with Gasteiger partial charge >= 0.3 is 0 Å². The zero-order valence-corrected chi connectivity index (χ0v) is 11.6. The van der Waals surface area contributed by atoms with Crippen LogP contribution in [0.4, 0.5) is 0 Å². The molecule has 100 valence electrons. The number of hydrogen-bond acceptors (Lipinski definition) is 3. The molecule has 0 bridgehead atoms. The van der Waals surface area contributed by atoms with Crippen molar-refractivity contribution in [2.75, 3.05) is 7.05 Å². The Bertz CT molecular complexity index is 365. The second-order valence-corrected chi connectivity index (χ2v) is 4.97. The monoisotopic (exact) mass is 249 g/mol. The molecule has 0 saturated carbocycles. The van der Waals surface area contributed by atoms with Crippen LogP contribution in [0.2, 0.25) is 0 Å². The lowest BCUT2D eigenvalue weighted by Crippen LogP contribution is -2.44. The Labute approximate surface area is 109 Å². The molecule has 0 saturated heterocycles. The van der Waals surface area contributed by atoms with Crippen LogP contribution in [0, 0.1) is 5.92 Å². The lowest BCUT2D eigenvalue weighted by molar-refractivity contribution is -0.123. The minimum atomic E-state index is -0.162. The van der Waals surface area contributed by atoms with Crippen LogP contribution >= 0.6 is 0 Å². The van der Waals surface area contributed by atoms with Crippen LogP contribution in [0.25, 0.3) is 0 Å². The van der Waals surface area contributed by atoms with Crippen molar-refractivity contribution < 1.29 is 4.79 Å². The number of nitrogens with zero attached hydrogens (tertiary/aromatic N) is 1. The van der Waals surface area contributed by atoms with Crippen LogP contribution in [0.1, 0.15) is 38.8 Å². The van der Waals surface area contributed by atoms with Crippen LogP contribution in [-0.4, -0.2) is 24.0 Å². The molecule has 4 nitrogen and oxygen atoms in total. The van der Waals surface area contributed by atoms with Crippen molar-refractivity contribution in [2.45, 2.75) is 39.3 Å². The number of nitrogens with one attached hydrogen (secondary N) is 2. The predicted molar refractivity (Wildman–Crippen MR) is 73.1 cm³/mol. The van der Waals surface area contributed by atoms with Gasteiger partial charge in [0, 0.05) is 25.5 Å². The summed E-state index contributed by atoms with van der Waals surface area (Å²) in [6, 6.07) is 3.87. The van der Waals surface area contributed by atoms with Gasteiger partial charge in [0.15, 0.2) is 0 Å². The van der Waals surface area contributed by atoms with E-state index in [1.54, 1.807) is 13.2 Å². The Morgan fingerprint density at radius 1 is 1.39 bits per heavy atom. The van der Waals surface area contributed by atoms with Gasteiger partial charge in [-0.2, -0.15) is 0 Å². The van der Waals surface area contributed by atoms with Gasteiger partial charge in [-0.15, -0.1) is 0 Å². The van der Waals surface area contributed by atoms with Crippen LogP contribution in [0.5, 0.6) is 0 Å². The zero-order valence-electron chi connectivity index (χ0n) is 11.6. The summed E-state index contributed by atoms with van der Waals surface area (Å²) in [5.74, 6) is 0.514. The van der Waals surface area contributed by atoms with Crippen LogP contribution in [0.15, 0.2) is 24.5 Å². The van der Waals surface area contributed by atoms with Gasteiger partial charge in [0.05, 0.1) is 6.04 Å². The van der Waals surface area contributed by atoms with Crippen molar-refractivity contribution in [1.29, 1.82) is 0 Å². The second kappa shape index (κ2) is 7.11. The maximum atomic E-state index is 11.8. The van der Waals surface area contributed by atoms with E-state index in [9.17, 15) is 4.79 Å². The molecule has 0 fully saturated rings. The van der Waals surface area contributed by atoms with E-state index in [1.165, 1.54) is 0 Å². The van der Waals surface area contributed by atoms with E-state index in [-0.39, 0.29) is 18.0 Å². The van der Waals surface area contributed by atoms with Crippen molar-refractivity contribution in [3.63, 3.8) is 0 Å². The van der Waals surface area contributed by atoms with Gasteiger partial charge in [0.2, 0.25) is 5.91 Å². The van der Waals surface area contributed by atoms with Gasteiger partial charge in [-0.3, -0.25) is 15.1 Å². The molecule has 0 aliphatic rings. The second-order valence-electron chi connectivity index (χ2n) is 4.97. The van der Waals surface area contributed by atoms with E-state index in [4.69, 9.17) is 0 Å². The molecule has 0 aliphatic carbocycles. The predicted octanol–water partition coefficient (Wildman–Crippen LogP) is 1.89. The van der Waals surface area contributed by atoms with Gasteiger partial charge in [-0.05, 0) is 30.9 Å². The molecule has 1 heterocycles. The lowest BCUT2D eigenvalue weighted by atomic mass is 10.0. The van der Waals surface area contributed by atoms with E-state index in [0.717, 1.165) is 12.0 Å². The Balaban J connectivity index is 2.68. The SMILES string of the molecule is CNC(=O)C(CC(C)C)NC(C)c1cccnc1. The first-order valence-electron chi connectivity index (χ1n) is 6.42. The van der Waals surface area contributed by atoms with Crippen molar-refractivity contribution in [2.24, 2.45) is 5.92 Å². The molecule has 2 unspecified atom stereocenters. The number of hydrogen-bond donors (Lipinski definition) is 2. The van der Waals surface area contributed by atoms with Crippen molar-refractivity contribution >= 4 is 5.91 Å². The summed E-state index contributed by atoms with van der Waals surface area (Å²) in [4.78, 5) is 15.9. The third kappa shape index (κ3) is 4.45. The number of pyridine rings is 1. The molecule has 2 N–H and O–H groups in total. The molecule has 2 atom stereocenters. The number of aromatic nitrogens is 1. The standard InChI is InChI=1S/C14H23N3O/c1-10(2)8-13(14(18)15-4)17-11(3)12-6-5-7-16-9-12/h5-7,9-11,13,17H,8H2,1-4H3,(H,15,18). The third-order valence-corrected chi connectivity index (χ3v) is 2.91. The van der Waals surface area contributed by atoms with E-state index in [0.29, 0.717) is 5.92 Å². The molecule has 4 heteroatoms. The van der Waals surface area contributed by atoms with Gasteiger partial charge in [-0.1, -0.05) is 19.9 Å². The summed E-state index contributed by atoms with van der Waals surface area (Å²) >= 11 is 0. The highest BCUT2D eigenvalue weighted by Gasteiger charge is 2.20. The molecule has 1 rings (SSSR count). The minimum absolute atomic E-state index is 0.0411. The number of likely N-dealkylation sites (N-methyl/N-ethyl adjacent to an activating group) is 1. The Hall–Kier alpha value is -1.42. The number of amides is 1. The summed E-state index contributed by atoms with van der Waals surface area (Å²) in [7, 11) is 1.67. The van der Waals surface area contributed by atoms with E-state index >= 15 is 0 Å². The van der Waals surface area contributed by atoms with Gasteiger partial charge < -0.3 is 5.32 Å².